The number of benzene rings is 1. The third-order valence-electron chi connectivity index (χ3n) is 3.53. The first-order chi connectivity index (χ1) is 9.95. The van der Waals surface area contributed by atoms with Crippen molar-refractivity contribution in [3.63, 3.8) is 0 Å². The third kappa shape index (κ3) is 3.15. The lowest BCUT2D eigenvalue weighted by molar-refractivity contribution is -0.137. The fraction of sp³-hybridized carbons (Fsp3) is 0.333. The number of anilines is 2. The van der Waals surface area contributed by atoms with Crippen LogP contribution in [0.3, 0.4) is 0 Å². The zero-order valence-electron chi connectivity index (χ0n) is 11.2. The molecule has 0 unspecified atom stereocenters. The van der Waals surface area contributed by atoms with E-state index in [9.17, 15) is 13.2 Å². The molecule has 1 aromatic heterocycles. The molecule has 1 aliphatic rings. The van der Waals surface area contributed by atoms with Gasteiger partial charge in [-0.05, 0) is 42.5 Å². The Hall–Kier alpha value is -1.69. The monoisotopic (exact) mass is 312 g/mol. The Morgan fingerprint density at radius 1 is 1.24 bits per heavy atom. The summed E-state index contributed by atoms with van der Waals surface area (Å²) in [6.07, 6.45) is -2.52. The molecule has 0 spiro atoms. The number of nitrogens with two attached hydrogens (primary N) is 1. The summed E-state index contributed by atoms with van der Waals surface area (Å²) in [6, 6.07) is 8.11. The van der Waals surface area contributed by atoms with Crippen LogP contribution in [0.1, 0.15) is 23.3 Å². The standard InChI is InChI=1S/C15H15F3N2S/c16-15(17,18)13-8-10(19)3-6-14(13)20(11-4-5-11)9-12-2-1-7-21-12/h1-3,6-8,11H,4-5,9,19H2. The molecule has 2 N–H and O–H groups in total. The second-order valence-corrected chi connectivity index (χ2v) is 6.25. The van der Waals surface area contributed by atoms with Crippen LogP contribution in [0, 0.1) is 0 Å². The van der Waals surface area contributed by atoms with Gasteiger partial charge in [0.25, 0.3) is 0 Å². The van der Waals surface area contributed by atoms with E-state index < -0.39 is 11.7 Å². The van der Waals surface area contributed by atoms with Crippen LogP contribution in [0.2, 0.25) is 0 Å². The third-order valence-corrected chi connectivity index (χ3v) is 4.39. The zero-order chi connectivity index (χ0) is 15.0. The van der Waals surface area contributed by atoms with Crippen LogP contribution in [0.4, 0.5) is 24.5 Å². The molecule has 6 heteroatoms. The maximum atomic E-state index is 13.3. The molecular formula is C15H15F3N2S. The van der Waals surface area contributed by atoms with Crippen LogP contribution in [-0.2, 0) is 12.7 Å². The number of thiophene rings is 1. The number of alkyl halides is 3. The van der Waals surface area contributed by atoms with Crippen molar-refractivity contribution in [1.82, 2.24) is 0 Å². The predicted octanol–water partition coefficient (Wildman–Crippen LogP) is 4.52. The summed E-state index contributed by atoms with van der Waals surface area (Å²) in [4.78, 5) is 2.92. The van der Waals surface area contributed by atoms with Crippen LogP contribution >= 0.6 is 11.3 Å². The molecule has 1 aliphatic carbocycles. The molecule has 0 radical (unpaired) electrons. The predicted molar refractivity (Wildman–Crippen MR) is 79.4 cm³/mol. The molecule has 1 heterocycles. The molecule has 3 rings (SSSR count). The maximum absolute atomic E-state index is 13.3. The molecule has 1 fully saturated rings. The molecule has 0 aliphatic heterocycles. The summed E-state index contributed by atoms with van der Waals surface area (Å²) in [5.41, 5.74) is 5.25. The lowest BCUT2D eigenvalue weighted by Gasteiger charge is -2.27. The smallest absolute Gasteiger partial charge is 0.399 e. The van der Waals surface area contributed by atoms with Gasteiger partial charge in [0.1, 0.15) is 0 Å². The number of nitrogen functional groups attached to an aromatic ring is 1. The molecule has 2 nitrogen and oxygen atoms in total. The number of hydrogen-bond donors (Lipinski definition) is 1. The van der Waals surface area contributed by atoms with E-state index in [2.05, 4.69) is 0 Å². The van der Waals surface area contributed by atoms with Crippen molar-refractivity contribution in [2.45, 2.75) is 31.6 Å². The molecule has 0 atom stereocenters. The maximum Gasteiger partial charge on any atom is 0.418 e. The molecule has 2 aromatic rings. The van der Waals surface area contributed by atoms with Crippen molar-refractivity contribution in [3.8, 4) is 0 Å². The molecule has 1 saturated carbocycles. The van der Waals surface area contributed by atoms with Crippen LogP contribution < -0.4 is 10.6 Å². The Morgan fingerprint density at radius 3 is 2.57 bits per heavy atom. The van der Waals surface area contributed by atoms with Crippen LogP contribution in [0.5, 0.6) is 0 Å². The van der Waals surface area contributed by atoms with Crippen LogP contribution in [-0.4, -0.2) is 6.04 Å². The van der Waals surface area contributed by atoms with Gasteiger partial charge in [-0.25, -0.2) is 0 Å². The summed E-state index contributed by atoms with van der Waals surface area (Å²) in [5.74, 6) is 0. The molecule has 1 aromatic carbocycles. The molecular weight excluding hydrogens is 297 g/mol. The highest BCUT2D eigenvalue weighted by molar-refractivity contribution is 7.09. The van der Waals surface area contributed by atoms with Gasteiger partial charge in [0, 0.05) is 22.3 Å². The Balaban J connectivity index is 1.99. The highest BCUT2D eigenvalue weighted by Gasteiger charge is 2.38. The minimum atomic E-state index is -4.40. The second-order valence-electron chi connectivity index (χ2n) is 5.21. The van der Waals surface area contributed by atoms with Gasteiger partial charge in [-0.15, -0.1) is 11.3 Å². The number of halogens is 3. The van der Waals surface area contributed by atoms with E-state index >= 15 is 0 Å². The first-order valence-electron chi connectivity index (χ1n) is 6.71. The van der Waals surface area contributed by atoms with E-state index in [4.69, 9.17) is 5.73 Å². The lowest BCUT2D eigenvalue weighted by atomic mass is 10.1. The van der Waals surface area contributed by atoms with Gasteiger partial charge in [0.15, 0.2) is 0 Å². The van der Waals surface area contributed by atoms with Gasteiger partial charge in [-0.3, -0.25) is 0 Å². The van der Waals surface area contributed by atoms with Crippen molar-refractivity contribution >= 4 is 22.7 Å². The van der Waals surface area contributed by atoms with Gasteiger partial charge >= 0.3 is 6.18 Å². The van der Waals surface area contributed by atoms with Gasteiger partial charge in [0.05, 0.1) is 12.1 Å². The molecule has 21 heavy (non-hydrogen) atoms. The van der Waals surface area contributed by atoms with E-state index in [1.807, 2.05) is 22.4 Å². The average molecular weight is 312 g/mol. The topological polar surface area (TPSA) is 29.3 Å². The van der Waals surface area contributed by atoms with E-state index in [0.29, 0.717) is 6.54 Å². The quantitative estimate of drug-likeness (QED) is 0.841. The summed E-state index contributed by atoms with van der Waals surface area (Å²) in [6.45, 7) is 0.509. The highest BCUT2D eigenvalue weighted by atomic mass is 32.1. The molecule has 0 amide bonds. The van der Waals surface area contributed by atoms with Crippen molar-refractivity contribution < 1.29 is 13.2 Å². The van der Waals surface area contributed by atoms with E-state index in [1.54, 1.807) is 11.3 Å². The minimum absolute atomic E-state index is 0.137. The first kappa shape index (κ1) is 14.3. The summed E-state index contributed by atoms with van der Waals surface area (Å²) in [5, 5.41) is 1.94. The average Bonchev–Trinajstić information content (AvgIpc) is 3.13. The summed E-state index contributed by atoms with van der Waals surface area (Å²) < 4.78 is 39.8. The molecule has 112 valence electrons. The first-order valence-corrected chi connectivity index (χ1v) is 7.59. The van der Waals surface area contributed by atoms with Gasteiger partial charge in [-0.2, -0.15) is 13.2 Å². The number of nitrogens with zero attached hydrogens (tertiary/aromatic N) is 1. The van der Waals surface area contributed by atoms with Crippen LogP contribution in [0.15, 0.2) is 35.7 Å². The Bertz CT molecular complexity index is 618. The minimum Gasteiger partial charge on any atom is -0.399 e. The number of rotatable bonds is 4. The fourth-order valence-corrected chi connectivity index (χ4v) is 3.10. The highest BCUT2D eigenvalue weighted by Crippen LogP contribution is 2.42. The molecule has 0 bridgehead atoms. The van der Waals surface area contributed by atoms with Gasteiger partial charge < -0.3 is 10.6 Å². The molecule has 0 saturated heterocycles. The van der Waals surface area contributed by atoms with Crippen molar-refractivity contribution in [2.75, 3.05) is 10.6 Å². The van der Waals surface area contributed by atoms with E-state index in [0.717, 1.165) is 23.8 Å². The summed E-state index contributed by atoms with van der Waals surface area (Å²) >= 11 is 1.56. The lowest BCUT2D eigenvalue weighted by Crippen LogP contribution is -2.27. The largest absolute Gasteiger partial charge is 0.418 e. The Kier molecular flexibility index (Phi) is 3.57. The van der Waals surface area contributed by atoms with Crippen molar-refractivity contribution in [2.24, 2.45) is 0 Å². The fourth-order valence-electron chi connectivity index (χ4n) is 2.40. The Morgan fingerprint density at radius 2 is 2.00 bits per heavy atom. The number of hydrogen-bond acceptors (Lipinski definition) is 3. The normalized spacial score (nSPS) is 15.2. The second kappa shape index (κ2) is 5.26. The van der Waals surface area contributed by atoms with Gasteiger partial charge in [0.2, 0.25) is 0 Å². The van der Waals surface area contributed by atoms with E-state index in [1.165, 1.54) is 12.1 Å². The van der Waals surface area contributed by atoms with E-state index in [-0.39, 0.29) is 17.4 Å². The van der Waals surface area contributed by atoms with Crippen molar-refractivity contribution in [1.29, 1.82) is 0 Å². The summed E-state index contributed by atoms with van der Waals surface area (Å²) in [7, 11) is 0. The van der Waals surface area contributed by atoms with Crippen molar-refractivity contribution in [3.05, 3.63) is 46.2 Å². The Labute approximate surface area is 125 Å². The zero-order valence-corrected chi connectivity index (χ0v) is 12.0. The SMILES string of the molecule is Nc1ccc(N(Cc2cccs2)C2CC2)c(C(F)(F)F)c1. The van der Waals surface area contributed by atoms with Gasteiger partial charge in [-0.1, -0.05) is 6.07 Å². The van der Waals surface area contributed by atoms with Crippen LogP contribution in [0.25, 0.3) is 0 Å².